The van der Waals surface area contributed by atoms with Gasteiger partial charge in [-0.2, -0.15) is 13.2 Å². The van der Waals surface area contributed by atoms with E-state index in [1.165, 1.54) is 6.07 Å². The third-order valence-electron chi connectivity index (χ3n) is 3.53. The third-order valence-corrected chi connectivity index (χ3v) is 4.60. The predicted octanol–water partition coefficient (Wildman–Crippen LogP) is 4.24. The summed E-state index contributed by atoms with van der Waals surface area (Å²) in [5.74, 6) is 0.381. The second kappa shape index (κ2) is 5.69. The second-order valence-corrected chi connectivity index (χ2v) is 6.03. The van der Waals surface area contributed by atoms with E-state index in [-0.39, 0.29) is 6.04 Å². The second-order valence-electron chi connectivity index (χ2n) is 4.86. The molecule has 2 nitrogen and oxygen atoms in total. The number of pyridine rings is 1. The molecule has 1 aromatic rings. The first-order chi connectivity index (χ1) is 8.89. The van der Waals surface area contributed by atoms with Gasteiger partial charge in [-0.3, -0.25) is 0 Å². The van der Waals surface area contributed by atoms with Crippen LogP contribution in [0.4, 0.5) is 19.0 Å². The molecule has 2 rings (SSSR count). The van der Waals surface area contributed by atoms with E-state index in [0.29, 0.717) is 10.6 Å². The van der Waals surface area contributed by atoms with Gasteiger partial charge in [-0.05, 0) is 25.0 Å². The van der Waals surface area contributed by atoms with Crippen molar-refractivity contribution in [1.29, 1.82) is 0 Å². The summed E-state index contributed by atoms with van der Waals surface area (Å²) < 4.78 is 38.0. The SMILES string of the molecule is CN(c1cccc(C(F)(F)F)n1)C1CCCCC1Br. The Balaban J connectivity index is 2.21. The molecule has 1 heterocycles. The summed E-state index contributed by atoms with van der Waals surface area (Å²) in [6, 6.07) is 4.24. The molecule has 0 N–H and O–H groups in total. The lowest BCUT2D eigenvalue weighted by molar-refractivity contribution is -0.141. The van der Waals surface area contributed by atoms with Crippen molar-refractivity contribution < 1.29 is 13.2 Å². The lowest BCUT2D eigenvalue weighted by atomic mass is 9.94. The molecule has 0 amide bonds. The van der Waals surface area contributed by atoms with Crippen LogP contribution in [0.15, 0.2) is 18.2 Å². The fraction of sp³-hybridized carbons (Fsp3) is 0.615. The van der Waals surface area contributed by atoms with Gasteiger partial charge in [-0.1, -0.05) is 34.8 Å². The molecule has 2 unspecified atom stereocenters. The molecule has 0 bridgehead atoms. The summed E-state index contributed by atoms with van der Waals surface area (Å²) in [4.78, 5) is 5.90. The van der Waals surface area contributed by atoms with Crippen LogP contribution in [0.5, 0.6) is 0 Å². The highest BCUT2D eigenvalue weighted by Gasteiger charge is 2.33. The Bertz CT molecular complexity index is 436. The van der Waals surface area contributed by atoms with E-state index in [4.69, 9.17) is 0 Å². The van der Waals surface area contributed by atoms with Crippen LogP contribution in [0.25, 0.3) is 0 Å². The van der Waals surface area contributed by atoms with Crippen LogP contribution in [0, 0.1) is 0 Å². The zero-order chi connectivity index (χ0) is 14.0. The van der Waals surface area contributed by atoms with E-state index >= 15 is 0 Å². The molecule has 2 atom stereocenters. The van der Waals surface area contributed by atoms with E-state index in [1.54, 1.807) is 6.07 Å². The molecule has 1 aromatic heterocycles. The number of hydrogen-bond donors (Lipinski definition) is 0. The number of aromatic nitrogens is 1. The summed E-state index contributed by atoms with van der Waals surface area (Å²) in [5.41, 5.74) is -0.834. The Morgan fingerprint density at radius 2 is 1.95 bits per heavy atom. The van der Waals surface area contributed by atoms with Crippen LogP contribution in [-0.2, 0) is 6.18 Å². The highest BCUT2D eigenvalue weighted by molar-refractivity contribution is 9.09. The van der Waals surface area contributed by atoms with Crippen molar-refractivity contribution in [3.8, 4) is 0 Å². The minimum absolute atomic E-state index is 0.199. The van der Waals surface area contributed by atoms with Crippen LogP contribution in [0.3, 0.4) is 0 Å². The summed E-state index contributed by atoms with van der Waals surface area (Å²) in [7, 11) is 1.81. The Hall–Kier alpha value is -0.780. The molecule has 1 aliphatic carbocycles. The molecule has 1 aliphatic rings. The number of alkyl halides is 4. The van der Waals surface area contributed by atoms with E-state index < -0.39 is 11.9 Å². The molecule has 0 aromatic carbocycles. The van der Waals surface area contributed by atoms with Crippen molar-refractivity contribution in [2.45, 2.75) is 42.7 Å². The van der Waals surface area contributed by atoms with Gasteiger partial charge in [-0.15, -0.1) is 0 Å². The largest absolute Gasteiger partial charge is 0.433 e. The van der Waals surface area contributed by atoms with E-state index in [0.717, 1.165) is 31.7 Å². The average molecular weight is 337 g/mol. The molecule has 0 saturated heterocycles. The van der Waals surface area contributed by atoms with Crippen LogP contribution in [0.1, 0.15) is 31.4 Å². The van der Waals surface area contributed by atoms with Crippen molar-refractivity contribution in [2.24, 2.45) is 0 Å². The van der Waals surface area contributed by atoms with Crippen molar-refractivity contribution in [3.63, 3.8) is 0 Å². The van der Waals surface area contributed by atoms with Gasteiger partial charge < -0.3 is 4.90 Å². The maximum Gasteiger partial charge on any atom is 0.433 e. The van der Waals surface area contributed by atoms with Crippen LogP contribution in [0.2, 0.25) is 0 Å². The predicted molar refractivity (Wildman–Crippen MR) is 72.6 cm³/mol. The maximum atomic E-state index is 12.7. The zero-order valence-electron chi connectivity index (χ0n) is 10.6. The maximum absolute atomic E-state index is 12.7. The number of anilines is 1. The standard InChI is InChI=1S/C13H16BrF3N2/c1-19(10-6-3-2-5-9(10)14)12-8-4-7-11(18-12)13(15,16)17/h4,7-10H,2-3,5-6H2,1H3. The normalized spacial score (nSPS) is 24.3. The van der Waals surface area contributed by atoms with Gasteiger partial charge >= 0.3 is 6.18 Å². The summed E-state index contributed by atoms with van der Waals surface area (Å²) in [6.45, 7) is 0. The quantitative estimate of drug-likeness (QED) is 0.751. The molecular weight excluding hydrogens is 321 g/mol. The molecule has 1 fully saturated rings. The molecule has 19 heavy (non-hydrogen) atoms. The number of hydrogen-bond acceptors (Lipinski definition) is 2. The van der Waals surface area contributed by atoms with Gasteiger partial charge in [-0.25, -0.2) is 4.98 Å². The summed E-state index contributed by atoms with van der Waals surface area (Å²) in [6.07, 6.45) is -0.0954. The molecule has 0 radical (unpaired) electrons. The van der Waals surface area contributed by atoms with Crippen LogP contribution < -0.4 is 4.90 Å². The average Bonchev–Trinajstić information content (AvgIpc) is 2.38. The zero-order valence-corrected chi connectivity index (χ0v) is 12.2. The third kappa shape index (κ3) is 3.41. The van der Waals surface area contributed by atoms with Crippen molar-refractivity contribution in [3.05, 3.63) is 23.9 Å². The number of rotatable bonds is 2. The highest BCUT2D eigenvalue weighted by atomic mass is 79.9. The Morgan fingerprint density at radius 1 is 1.26 bits per heavy atom. The highest BCUT2D eigenvalue weighted by Crippen LogP contribution is 2.32. The lowest BCUT2D eigenvalue weighted by Crippen LogP contribution is -2.41. The van der Waals surface area contributed by atoms with E-state index in [9.17, 15) is 13.2 Å². The first-order valence-electron chi connectivity index (χ1n) is 6.31. The van der Waals surface area contributed by atoms with Crippen LogP contribution in [-0.4, -0.2) is 22.9 Å². The van der Waals surface area contributed by atoms with Gasteiger partial charge in [0.25, 0.3) is 0 Å². The molecule has 0 spiro atoms. The molecule has 106 valence electrons. The van der Waals surface area contributed by atoms with Gasteiger partial charge in [0.2, 0.25) is 0 Å². The Morgan fingerprint density at radius 3 is 2.58 bits per heavy atom. The topological polar surface area (TPSA) is 16.1 Å². The molecule has 1 saturated carbocycles. The Kier molecular flexibility index (Phi) is 4.38. The summed E-state index contributed by atoms with van der Waals surface area (Å²) >= 11 is 3.62. The van der Waals surface area contributed by atoms with Crippen molar-refractivity contribution >= 4 is 21.7 Å². The van der Waals surface area contributed by atoms with Gasteiger partial charge in [0.1, 0.15) is 11.5 Å². The number of nitrogens with zero attached hydrogens (tertiary/aromatic N) is 2. The van der Waals surface area contributed by atoms with Gasteiger partial charge in [0.15, 0.2) is 0 Å². The van der Waals surface area contributed by atoms with Gasteiger partial charge in [0.05, 0.1) is 0 Å². The monoisotopic (exact) mass is 336 g/mol. The lowest BCUT2D eigenvalue weighted by Gasteiger charge is -2.36. The number of halogens is 4. The molecular formula is C13H16BrF3N2. The minimum Gasteiger partial charge on any atom is -0.356 e. The van der Waals surface area contributed by atoms with E-state index in [1.807, 2.05) is 11.9 Å². The van der Waals surface area contributed by atoms with E-state index in [2.05, 4.69) is 20.9 Å². The Labute approximate surface area is 119 Å². The van der Waals surface area contributed by atoms with Crippen molar-refractivity contribution in [1.82, 2.24) is 4.98 Å². The van der Waals surface area contributed by atoms with Crippen LogP contribution >= 0.6 is 15.9 Å². The molecule has 6 heteroatoms. The summed E-state index contributed by atoms with van der Waals surface area (Å²) in [5, 5.41) is 0. The van der Waals surface area contributed by atoms with Gasteiger partial charge in [0, 0.05) is 17.9 Å². The fourth-order valence-electron chi connectivity index (χ4n) is 2.45. The minimum atomic E-state index is -4.39. The first-order valence-corrected chi connectivity index (χ1v) is 7.22. The molecule has 0 aliphatic heterocycles. The fourth-order valence-corrected chi connectivity index (χ4v) is 3.39. The van der Waals surface area contributed by atoms with Crippen molar-refractivity contribution in [2.75, 3.05) is 11.9 Å². The first kappa shape index (κ1) is 14.6. The smallest absolute Gasteiger partial charge is 0.356 e.